The molecule has 0 saturated heterocycles. The number of benzene rings is 2. The number of carbonyl (C=O) groups is 1. The van der Waals surface area contributed by atoms with Gasteiger partial charge in [0.1, 0.15) is 0 Å². The molecular weight excluding hydrogens is 234 g/mol. The molecule has 19 heavy (non-hydrogen) atoms. The second-order valence-electron chi connectivity index (χ2n) is 4.57. The minimum Gasteiger partial charge on any atom is -0.289 e. The summed E-state index contributed by atoms with van der Waals surface area (Å²) < 4.78 is 0. The Balaban J connectivity index is 2.14. The van der Waals surface area contributed by atoms with Gasteiger partial charge in [-0.3, -0.25) is 9.78 Å². The van der Waals surface area contributed by atoms with Gasteiger partial charge >= 0.3 is 0 Å². The van der Waals surface area contributed by atoms with E-state index in [1.807, 2.05) is 55.5 Å². The van der Waals surface area contributed by atoms with Gasteiger partial charge in [0.2, 0.25) is 0 Å². The van der Waals surface area contributed by atoms with Crippen molar-refractivity contribution in [2.24, 2.45) is 0 Å². The molecule has 3 rings (SSSR count). The summed E-state index contributed by atoms with van der Waals surface area (Å²) >= 11 is 0. The van der Waals surface area contributed by atoms with Gasteiger partial charge in [-0.15, -0.1) is 0 Å². The Hall–Kier alpha value is -2.48. The van der Waals surface area contributed by atoms with Crippen molar-refractivity contribution in [3.63, 3.8) is 0 Å². The van der Waals surface area contributed by atoms with Crippen molar-refractivity contribution >= 4 is 16.7 Å². The number of fused-ring (bicyclic) bond motifs is 1. The Bertz CT molecular complexity index is 739. The second kappa shape index (κ2) is 4.65. The highest BCUT2D eigenvalue weighted by Crippen LogP contribution is 2.19. The Morgan fingerprint density at radius 3 is 2.47 bits per heavy atom. The van der Waals surface area contributed by atoms with Gasteiger partial charge in [-0.05, 0) is 19.1 Å². The van der Waals surface area contributed by atoms with Crippen molar-refractivity contribution in [1.82, 2.24) is 4.98 Å². The molecule has 0 aliphatic heterocycles. The molecule has 0 aliphatic rings. The van der Waals surface area contributed by atoms with Crippen molar-refractivity contribution in [2.75, 3.05) is 0 Å². The Labute approximate surface area is 111 Å². The SMILES string of the molecule is Cc1ccc(C(=O)c2ccnc3ccccc23)cc1. The molecule has 0 unspecified atom stereocenters. The van der Waals surface area contributed by atoms with Crippen LogP contribution in [0.15, 0.2) is 60.8 Å². The number of aryl methyl sites for hydroxylation is 1. The maximum Gasteiger partial charge on any atom is 0.193 e. The number of rotatable bonds is 2. The van der Waals surface area contributed by atoms with E-state index in [2.05, 4.69) is 4.98 Å². The molecule has 92 valence electrons. The highest BCUT2D eigenvalue weighted by atomic mass is 16.1. The van der Waals surface area contributed by atoms with Crippen LogP contribution >= 0.6 is 0 Å². The summed E-state index contributed by atoms with van der Waals surface area (Å²) in [5.74, 6) is 0.0404. The van der Waals surface area contributed by atoms with Crippen LogP contribution in [0.1, 0.15) is 21.5 Å². The minimum atomic E-state index is 0.0404. The fraction of sp³-hybridized carbons (Fsp3) is 0.0588. The highest BCUT2D eigenvalue weighted by Gasteiger charge is 2.12. The van der Waals surface area contributed by atoms with Crippen LogP contribution < -0.4 is 0 Å². The van der Waals surface area contributed by atoms with Crippen LogP contribution in [0.3, 0.4) is 0 Å². The number of hydrogen-bond donors (Lipinski definition) is 0. The first-order valence-electron chi connectivity index (χ1n) is 6.21. The minimum absolute atomic E-state index is 0.0404. The van der Waals surface area contributed by atoms with Crippen molar-refractivity contribution in [3.05, 3.63) is 77.5 Å². The summed E-state index contributed by atoms with van der Waals surface area (Å²) in [5, 5.41) is 0.899. The summed E-state index contributed by atoms with van der Waals surface area (Å²) in [7, 11) is 0. The predicted molar refractivity (Wildman–Crippen MR) is 76.4 cm³/mol. The molecule has 0 saturated carbocycles. The Morgan fingerprint density at radius 1 is 0.947 bits per heavy atom. The topological polar surface area (TPSA) is 30.0 Å². The van der Waals surface area contributed by atoms with Gasteiger partial charge in [-0.1, -0.05) is 48.0 Å². The van der Waals surface area contributed by atoms with Crippen LogP contribution in [0.2, 0.25) is 0 Å². The zero-order chi connectivity index (χ0) is 13.2. The average molecular weight is 247 g/mol. The third-order valence-electron chi connectivity index (χ3n) is 3.21. The van der Waals surface area contributed by atoms with Gasteiger partial charge in [0.05, 0.1) is 5.52 Å². The molecule has 0 bridgehead atoms. The van der Waals surface area contributed by atoms with Crippen LogP contribution in [0.5, 0.6) is 0 Å². The van der Waals surface area contributed by atoms with E-state index in [4.69, 9.17) is 0 Å². The molecule has 0 radical (unpaired) electrons. The number of pyridine rings is 1. The van der Waals surface area contributed by atoms with Crippen LogP contribution in [0, 0.1) is 6.92 Å². The van der Waals surface area contributed by atoms with Gasteiger partial charge in [0, 0.05) is 22.7 Å². The van der Waals surface area contributed by atoms with E-state index in [0.717, 1.165) is 16.5 Å². The second-order valence-corrected chi connectivity index (χ2v) is 4.57. The van der Waals surface area contributed by atoms with E-state index >= 15 is 0 Å². The summed E-state index contributed by atoms with van der Waals surface area (Å²) in [4.78, 5) is 16.8. The molecule has 3 aromatic rings. The molecule has 1 aromatic heterocycles. The number of nitrogens with zero attached hydrogens (tertiary/aromatic N) is 1. The first-order valence-corrected chi connectivity index (χ1v) is 6.21. The fourth-order valence-electron chi connectivity index (χ4n) is 2.15. The normalized spacial score (nSPS) is 10.6. The first-order chi connectivity index (χ1) is 9.25. The van der Waals surface area contributed by atoms with Crippen LogP contribution in [-0.2, 0) is 0 Å². The van der Waals surface area contributed by atoms with E-state index in [0.29, 0.717) is 11.1 Å². The fourth-order valence-corrected chi connectivity index (χ4v) is 2.15. The summed E-state index contributed by atoms with van der Waals surface area (Å²) in [6.45, 7) is 2.01. The lowest BCUT2D eigenvalue weighted by Crippen LogP contribution is -2.02. The number of aromatic nitrogens is 1. The number of ketones is 1. The molecule has 0 fully saturated rings. The largest absolute Gasteiger partial charge is 0.289 e. The highest BCUT2D eigenvalue weighted by molar-refractivity contribution is 6.15. The van der Waals surface area contributed by atoms with E-state index in [-0.39, 0.29) is 5.78 Å². The van der Waals surface area contributed by atoms with Crippen LogP contribution in [0.4, 0.5) is 0 Å². The standard InChI is InChI=1S/C17H13NO/c1-12-6-8-13(9-7-12)17(19)15-10-11-18-16-5-3-2-4-14(15)16/h2-11H,1H3. The summed E-state index contributed by atoms with van der Waals surface area (Å²) in [6, 6.07) is 17.1. The van der Waals surface area contributed by atoms with Gasteiger partial charge in [-0.2, -0.15) is 0 Å². The van der Waals surface area contributed by atoms with Gasteiger partial charge in [0.25, 0.3) is 0 Å². The van der Waals surface area contributed by atoms with Crippen molar-refractivity contribution < 1.29 is 4.79 Å². The smallest absolute Gasteiger partial charge is 0.193 e. The molecule has 0 spiro atoms. The van der Waals surface area contributed by atoms with Crippen molar-refractivity contribution in [1.29, 1.82) is 0 Å². The lowest BCUT2D eigenvalue weighted by molar-refractivity contribution is 0.104. The molecule has 0 atom stereocenters. The third-order valence-corrected chi connectivity index (χ3v) is 3.21. The molecule has 2 heteroatoms. The predicted octanol–water partition coefficient (Wildman–Crippen LogP) is 3.77. The molecule has 1 heterocycles. The number of carbonyl (C=O) groups excluding carboxylic acids is 1. The van der Waals surface area contributed by atoms with E-state index in [9.17, 15) is 4.79 Å². The van der Waals surface area contributed by atoms with Crippen molar-refractivity contribution in [2.45, 2.75) is 6.92 Å². The van der Waals surface area contributed by atoms with Gasteiger partial charge in [0.15, 0.2) is 5.78 Å². The molecule has 0 N–H and O–H groups in total. The monoisotopic (exact) mass is 247 g/mol. The van der Waals surface area contributed by atoms with E-state index < -0.39 is 0 Å². The van der Waals surface area contributed by atoms with Crippen molar-refractivity contribution in [3.8, 4) is 0 Å². The summed E-state index contributed by atoms with van der Waals surface area (Å²) in [5.41, 5.74) is 3.41. The zero-order valence-corrected chi connectivity index (χ0v) is 10.6. The zero-order valence-electron chi connectivity index (χ0n) is 10.6. The maximum atomic E-state index is 12.5. The van der Waals surface area contributed by atoms with Crippen LogP contribution in [-0.4, -0.2) is 10.8 Å². The Morgan fingerprint density at radius 2 is 1.68 bits per heavy atom. The van der Waals surface area contributed by atoms with E-state index in [1.54, 1.807) is 12.3 Å². The average Bonchev–Trinajstić information content (AvgIpc) is 2.47. The summed E-state index contributed by atoms with van der Waals surface area (Å²) in [6.07, 6.45) is 1.68. The number of para-hydroxylation sites is 1. The molecule has 2 nitrogen and oxygen atoms in total. The maximum absolute atomic E-state index is 12.5. The molecule has 2 aromatic carbocycles. The molecular formula is C17H13NO. The lowest BCUT2D eigenvalue weighted by Gasteiger charge is -2.05. The quantitative estimate of drug-likeness (QED) is 0.645. The molecule has 0 amide bonds. The lowest BCUT2D eigenvalue weighted by atomic mass is 9.99. The van der Waals surface area contributed by atoms with Gasteiger partial charge in [-0.25, -0.2) is 0 Å². The Kier molecular flexibility index (Phi) is 2.84. The third kappa shape index (κ3) is 2.13. The molecule has 0 aliphatic carbocycles. The van der Waals surface area contributed by atoms with Gasteiger partial charge < -0.3 is 0 Å². The first kappa shape index (κ1) is 11.6. The number of hydrogen-bond acceptors (Lipinski definition) is 2. The van der Waals surface area contributed by atoms with Crippen LogP contribution in [0.25, 0.3) is 10.9 Å². The van der Waals surface area contributed by atoms with E-state index in [1.165, 1.54) is 0 Å².